The summed E-state index contributed by atoms with van der Waals surface area (Å²) in [5.41, 5.74) is 0.519. The lowest BCUT2D eigenvalue weighted by Crippen LogP contribution is -2.41. The second-order valence-corrected chi connectivity index (χ2v) is 12.8. The zero-order chi connectivity index (χ0) is 23.6. The van der Waals surface area contributed by atoms with Crippen molar-refractivity contribution in [1.29, 1.82) is 0 Å². The van der Waals surface area contributed by atoms with Gasteiger partial charge in [-0.1, -0.05) is 18.1 Å². The van der Waals surface area contributed by atoms with Gasteiger partial charge in [0.2, 0.25) is 11.8 Å². The molecule has 13 heteroatoms. The molecule has 0 radical (unpaired) electrons. The molecule has 0 unspecified atom stereocenters. The summed E-state index contributed by atoms with van der Waals surface area (Å²) in [4.78, 5) is 12.8. The van der Waals surface area contributed by atoms with Crippen LogP contribution in [0.2, 0.25) is 0 Å². The highest BCUT2D eigenvalue weighted by atomic mass is 32.2. The maximum Gasteiger partial charge on any atom is 0.322 e. The van der Waals surface area contributed by atoms with E-state index in [0.717, 1.165) is 0 Å². The van der Waals surface area contributed by atoms with Crippen molar-refractivity contribution >= 4 is 43.1 Å². The molecule has 1 fully saturated rings. The number of thiophene rings is 1. The Balaban J connectivity index is 1.36. The predicted molar refractivity (Wildman–Crippen MR) is 122 cm³/mol. The molecule has 0 saturated carbocycles. The van der Waals surface area contributed by atoms with Crippen LogP contribution in [0.3, 0.4) is 0 Å². The number of carbonyl (C=O) groups is 1. The molecule has 0 bridgehead atoms. The number of sulfonamides is 1. The van der Waals surface area contributed by atoms with Crippen molar-refractivity contribution in [2.75, 3.05) is 24.2 Å². The van der Waals surface area contributed by atoms with Gasteiger partial charge in [-0.2, -0.15) is 4.31 Å². The smallest absolute Gasteiger partial charge is 0.322 e. The molecular formula is C20H22N4O6S3. The highest BCUT2D eigenvalue weighted by Gasteiger charge is 2.33. The van der Waals surface area contributed by atoms with Gasteiger partial charge in [-0.3, -0.25) is 10.1 Å². The van der Waals surface area contributed by atoms with Gasteiger partial charge in [-0.15, -0.1) is 16.4 Å². The molecule has 1 aliphatic rings. The second-order valence-electron chi connectivity index (χ2n) is 7.44. The summed E-state index contributed by atoms with van der Waals surface area (Å²) in [6.45, 7) is 2.07. The maximum atomic E-state index is 12.6. The minimum atomic E-state index is -3.53. The number of sulfone groups is 1. The first kappa shape index (κ1) is 23.5. The fourth-order valence-corrected chi connectivity index (χ4v) is 6.96. The Morgan fingerprint density at radius 2 is 1.82 bits per heavy atom. The highest BCUT2D eigenvalue weighted by molar-refractivity contribution is 7.91. The number of carbonyl (C=O) groups excluding carboxylic acids is 1. The van der Waals surface area contributed by atoms with Crippen LogP contribution in [0.15, 0.2) is 55.3 Å². The Morgan fingerprint density at radius 1 is 1.12 bits per heavy atom. The van der Waals surface area contributed by atoms with Gasteiger partial charge in [0.05, 0.1) is 10.6 Å². The zero-order valence-corrected chi connectivity index (χ0v) is 20.1. The van der Waals surface area contributed by atoms with Gasteiger partial charge < -0.3 is 4.42 Å². The fraction of sp³-hybridized carbons (Fsp3) is 0.350. The molecule has 4 rings (SSSR count). The van der Waals surface area contributed by atoms with Gasteiger partial charge in [-0.05, 0) is 48.6 Å². The normalized spacial score (nSPS) is 16.0. The monoisotopic (exact) mass is 510 g/mol. The van der Waals surface area contributed by atoms with Crippen molar-refractivity contribution in [2.24, 2.45) is 5.92 Å². The van der Waals surface area contributed by atoms with Crippen LogP contribution in [0.25, 0.3) is 11.5 Å². The molecule has 1 saturated heterocycles. The van der Waals surface area contributed by atoms with E-state index in [0.29, 0.717) is 22.6 Å². The number of aromatic nitrogens is 2. The summed E-state index contributed by atoms with van der Waals surface area (Å²) in [6.07, 6.45) is 0.760. The average Bonchev–Trinajstić information content (AvgIpc) is 3.52. The molecule has 0 spiro atoms. The quantitative estimate of drug-likeness (QED) is 0.512. The summed E-state index contributed by atoms with van der Waals surface area (Å²) in [5.74, 6) is -0.554. The number of nitrogens with zero attached hydrogens (tertiary/aromatic N) is 3. The lowest BCUT2D eigenvalue weighted by Gasteiger charge is -2.29. The van der Waals surface area contributed by atoms with Crippen molar-refractivity contribution in [3.8, 4) is 11.5 Å². The molecule has 3 aromatic rings. The van der Waals surface area contributed by atoms with Crippen molar-refractivity contribution in [1.82, 2.24) is 14.5 Å². The Labute approximate surface area is 195 Å². The lowest BCUT2D eigenvalue weighted by molar-refractivity contribution is -0.121. The zero-order valence-electron chi connectivity index (χ0n) is 17.7. The standard InChI is InChI=1S/C20H22N4O6S3/c1-2-32(26,27)16-7-5-15(6-8-16)19-22-23-20(30-19)21-18(25)14-9-11-24(12-10-14)33(28,29)17-4-3-13-31-17/h3-8,13-14H,2,9-12H2,1H3,(H,21,23,25). The number of benzene rings is 1. The molecule has 3 heterocycles. The maximum absolute atomic E-state index is 12.6. The highest BCUT2D eigenvalue weighted by Crippen LogP contribution is 2.27. The topological polar surface area (TPSA) is 140 Å². The van der Waals surface area contributed by atoms with E-state index >= 15 is 0 Å². The van der Waals surface area contributed by atoms with E-state index in [1.165, 1.54) is 27.8 Å². The molecule has 1 N–H and O–H groups in total. The molecule has 176 valence electrons. The van der Waals surface area contributed by atoms with Crippen LogP contribution in [0.1, 0.15) is 19.8 Å². The van der Waals surface area contributed by atoms with E-state index in [1.807, 2.05) is 0 Å². The number of amides is 1. The summed E-state index contributed by atoms with van der Waals surface area (Å²) in [6, 6.07) is 9.24. The van der Waals surface area contributed by atoms with Gasteiger partial charge in [0.25, 0.3) is 10.0 Å². The second kappa shape index (κ2) is 9.33. The van der Waals surface area contributed by atoms with Crippen molar-refractivity contribution in [3.05, 3.63) is 41.8 Å². The van der Waals surface area contributed by atoms with Crippen LogP contribution in [0.4, 0.5) is 6.01 Å². The summed E-state index contributed by atoms with van der Waals surface area (Å²) in [7, 11) is -6.84. The summed E-state index contributed by atoms with van der Waals surface area (Å²) in [5, 5.41) is 12.0. The largest absolute Gasteiger partial charge is 0.403 e. The van der Waals surface area contributed by atoms with Crippen LogP contribution < -0.4 is 5.32 Å². The Hall–Kier alpha value is -2.61. The van der Waals surface area contributed by atoms with Crippen molar-refractivity contribution in [3.63, 3.8) is 0 Å². The third-order valence-electron chi connectivity index (χ3n) is 5.41. The van der Waals surface area contributed by atoms with Gasteiger partial charge >= 0.3 is 6.01 Å². The minimum Gasteiger partial charge on any atom is -0.403 e. The van der Waals surface area contributed by atoms with E-state index in [2.05, 4.69) is 15.5 Å². The van der Waals surface area contributed by atoms with Crippen LogP contribution in [0, 0.1) is 5.92 Å². The number of anilines is 1. The predicted octanol–water partition coefficient (Wildman–Crippen LogP) is 2.63. The van der Waals surface area contributed by atoms with E-state index in [-0.39, 0.29) is 47.5 Å². The number of hydrogen-bond acceptors (Lipinski definition) is 9. The Bertz CT molecular complexity index is 1320. The minimum absolute atomic E-state index is 0.00196. The summed E-state index contributed by atoms with van der Waals surface area (Å²) < 4.78 is 56.3. The fourth-order valence-electron chi connectivity index (χ4n) is 3.47. The van der Waals surface area contributed by atoms with Gasteiger partial charge in [0.1, 0.15) is 4.21 Å². The third-order valence-corrected chi connectivity index (χ3v) is 10.4. The van der Waals surface area contributed by atoms with Crippen molar-refractivity contribution < 1.29 is 26.0 Å². The first-order chi connectivity index (χ1) is 15.7. The van der Waals surface area contributed by atoms with Crippen molar-refractivity contribution in [2.45, 2.75) is 28.9 Å². The van der Waals surface area contributed by atoms with Gasteiger partial charge in [0, 0.05) is 24.6 Å². The summed E-state index contributed by atoms with van der Waals surface area (Å²) >= 11 is 1.17. The van der Waals surface area contributed by atoms with Gasteiger partial charge in [-0.25, -0.2) is 16.8 Å². The molecule has 0 atom stereocenters. The van der Waals surface area contributed by atoms with Crippen LogP contribution in [-0.2, 0) is 24.7 Å². The van der Waals surface area contributed by atoms with Crippen LogP contribution >= 0.6 is 11.3 Å². The SMILES string of the molecule is CCS(=O)(=O)c1ccc(-c2nnc(NC(=O)C3CCN(S(=O)(=O)c4cccs4)CC3)o2)cc1. The molecule has 2 aromatic heterocycles. The third kappa shape index (κ3) is 5.00. The molecule has 1 amide bonds. The molecule has 0 aliphatic carbocycles. The Morgan fingerprint density at radius 3 is 2.42 bits per heavy atom. The molecule has 1 aromatic carbocycles. The lowest BCUT2D eigenvalue weighted by atomic mass is 9.97. The number of rotatable bonds is 7. The molecule has 10 nitrogen and oxygen atoms in total. The van der Waals surface area contributed by atoms with E-state index in [9.17, 15) is 21.6 Å². The van der Waals surface area contributed by atoms with Crippen LogP contribution in [0.5, 0.6) is 0 Å². The van der Waals surface area contributed by atoms with E-state index < -0.39 is 19.9 Å². The van der Waals surface area contributed by atoms with E-state index in [4.69, 9.17) is 4.42 Å². The van der Waals surface area contributed by atoms with E-state index in [1.54, 1.807) is 36.6 Å². The first-order valence-electron chi connectivity index (χ1n) is 10.2. The molecule has 33 heavy (non-hydrogen) atoms. The van der Waals surface area contributed by atoms with Crippen LogP contribution in [-0.4, -0.2) is 56.1 Å². The number of piperidine rings is 1. The average molecular weight is 511 g/mol. The Kier molecular flexibility index (Phi) is 6.66. The number of nitrogens with one attached hydrogen (secondary N) is 1. The molecule has 1 aliphatic heterocycles. The van der Waals surface area contributed by atoms with Gasteiger partial charge in [0.15, 0.2) is 9.84 Å². The first-order valence-corrected chi connectivity index (χ1v) is 14.2. The number of hydrogen-bond donors (Lipinski definition) is 1. The molecular weight excluding hydrogens is 488 g/mol.